The molecule has 0 aliphatic carbocycles. The van der Waals surface area contributed by atoms with Crippen molar-refractivity contribution in [2.45, 2.75) is 38.5 Å². The van der Waals surface area contributed by atoms with Crippen LogP contribution in [0.5, 0.6) is 0 Å². The van der Waals surface area contributed by atoms with Crippen molar-refractivity contribution in [1.82, 2.24) is 10.2 Å². The van der Waals surface area contributed by atoms with E-state index in [-0.39, 0.29) is 18.0 Å². The molecule has 1 aromatic carbocycles. The normalized spacial score (nSPS) is 23.7. The van der Waals surface area contributed by atoms with Crippen molar-refractivity contribution >= 4 is 17.7 Å². The molecule has 6 heteroatoms. The second kappa shape index (κ2) is 6.75. The average molecular weight is 314 g/mol. The monoisotopic (exact) mass is 314 g/mol. The van der Waals surface area contributed by atoms with Crippen LogP contribution in [0.2, 0.25) is 0 Å². The SMILES string of the molecule is CCC1NC(c2ccc(F)c(F)c2)N(C(C)CSC)C1=O. The molecule has 1 aliphatic rings. The molecule has 1 aromatic rings. The van der Waals surface area contributed by atoms with Crippen LogP contribution < -0.4 is 5.32 Å². The molecule has 1 aliphatic heterocycles. The number of hydrogen-bond acceptors (Lipinski definition) is 3. The lowest BCUT2D eigenvalue weighted by Crippen LogP contribution is -2.39. The van der Waals surface area contributed by atoms with E-state index in [9.17, 15) is 13.6 Å². The van der Waals surface area contributed by atoms with Crippen LogP contribution in [0.3, 0.4) is 0 Å². The third kappa shape index (κ3) is 3.21. The smallest absolute Gasteiger partial charge is 0.241 e. The molecule has 0 aromatic heterocycles. The molecule has 116 valence electrons. The van der Waals surface area contributed by atoms with Gasteiger partial charge in [0, 0.05) is 11.8 Å². The van der Waals surface area contributed by atoms with Crippen LogP contribution in [-0.2, 0) is 4.79 Å². The maximum atomic E-state index is 13.5. The zero-order chi connectivity index (χ0) is 15.6. The number of nitrogens with zero attached hydrogens (tertiary/aromatic N) is 1. The minimum atomic E-state index is -0.890. The summed E-state index contributed by atoms with van der Waals surface area (Å²) in [6, 6.07) is 3.55. The highest BCUT2D eigenvalue weighted by atomic mass is 32.2. The van der Waals surface area contributed by atoms with Crippen LogP contribution in [0.1, 0.15) is 32.0 Å². The maximum Gasteiger partial charge on any atom is 0.241 e. The summed E-state index contributed by atoms with van der Waals surface area (Å²) < 4.78 is 26.6. The number of halogens is 2. The third-order valence-corrected chi connectivity index (χ3v) is 4.56. The Labute approximate surface area is 128 Å². The number of carbonyl (C=O) groups excluding carboxylic acids is 1. The number of hydrogen-bond donors (Lipinski definition) is 1. The summed E-state index contributed by atoms with van der Waals surface area (Å²) in [6.45, 7) is 3.90. The minimum Gasteiger partial charge on any atom is -0.318 e. The lowest BCUT2D eigenvalue weighted by atomic mass is 10.1. The summed E-state index contributed by atoms with van der Waals surface area (Å²) in [5, 5.41) is 3.22. The number of nitrogens with one attached hydrogen (secondary N) is 1. The van der Waals surface area contributed by atoms with E-state index in [4.69, 9.17) is 0 Å². The van der Waals surface area contributed by atoms with E-state index < -0.39 is 17.8 Å². The molecule has 3 unspecified atom stereocenters. The molecular formula is C15H20F2N2OS. The van der Waals surface area contributed by atoms with Crippen molar-refractivity contribution in [3.63, 3.8) is 0 Å². The number of rotatable bonds is 5. The molecule has 3 atom stereocenters. The van der Waals surface area contributed by atoms with Gasteiger partial charge < -0.3 is 4.90 Å². The number of carbonyl (C=O) groups is 1. The highest BCUT2D eigenvalue weighted by Crippen LogP contribution is 2.30. The number of benzene rings is 1. The predicted octanol–water partition coefficient (Wildman–Crippen LogP) is 2.93. The van der Waals surface area contributed by atoms with Crippen LogP contribution in [0.25, 0.3) is 0 Å². The molecule has 1 fully saturated rings. The summed E-state index contributed by atoms with van der Waals surface area (Å²) in [5.74, 6) is -0.948. The van der Waals surface area contributed by atoms with Crippen LogP contribution in [-0.4, -0.2) is 34.9 Å². The maximum absolute atomic E-state index is 13.5. The van der Waals surface area contributed by atoms with Gasteiger partial charge in [-0.25, -0.2) is 8.78 Å². The second-order valence-corrected chi connectivity index (χ2v) is 6.16. The summed E-state index contributed by atoms with van der Waals surface area (Å²) >= 11 is 1.65. The Hall–Kier alpha value is -1.14. The van der Waals surface area contributed by atoms with Crippen molar-refractivity contribution < 1.29 is 13.6 Å². The highest BCUT2D eigenvalue weighted by molar-refractivity contribution is 7.98. The van der Waals surface area contributed by atoms with E-state index in [0.717, 1.165) is 17.9 Å². The van der Waals surface area contributed by atoms with E-state index in [0.29, 0.717) is 12.0 Å². The van der Waals surface area contributed by atoms with Crippen molar-refractivity contribution in [2.24, 2.45) is 0 Å². The van der Waals surface area contributed by atoms with Gasteiger partial charge in [-0.15, -0.1) is 0 Å². The van der Waals surface area contributed by atoms with Gasteiger partial charge in [0.25, 0.3) is 0 Å². The molecule has 0 bridgehead atoms. The predicted molar refractivity (Wildman–Crippen MR) is 81.0 cm³/mol. The molecule has 1 heterocycles. The van der Waals surface area contributed by atoms with Crippen molar-refractivity contribution in [1.29, 1.82) is 0 Å². The second-order valence-electron chi connectivity index (χ2n) is 5.25. The lowest BCUT2D eigenvalue weighted by Gasteiger charge is -2.30. The van der Waals surface area contributed by atoms with Crippen LogP contribution in [0.4, 0.5) is 8.78 Å². The Balaban J connectivity index is 2.33. The Morgan fingerprint density at radius 2 is 2.10 bits per heavy atom. The van der Waals surface area contributed by atoms with Crippen LogP contribution >= 0.6 is 11.8 Å². The molecule has 1 saturated heterocycles. The van der Waals surface area contributed by atoms with Crippen molar-refractivity contribution in [2.75, 3.05) is 12.0 Å². The molecule has 0 spiro atoms. The molecule has 0 saturated carbocycles. The largest absolute Gasteiger partial charge is 0.318 e. The van der Waals surface area contributed by atoms with Gasteiger partial charge in [-0.2, -0.15) is 11.8 Å². The van der Waals surface area contributed by atoms with Gasteiger partial charge >= 0.3 is 0 Å². The summed E-state index contributed by atoms with van der Waals surface area (Å²) in [6.07, 6.45) is 2.25. The van der Waals surface area contributed by atoms with Gasteiger partial charge in [-0.05, 0) is 37.3 Å². The van der Waals surface area contributed by atoms with Gasteiger partial charge in [0.1, 0.15) is 6.17 Å². The van der Waals surface area contributed by atoms with E-state index in [2.05, 4.69) is 5.32 Å². The zero-order valence-corrected chi connectivity index (χ0v) is 13.2. The minimum absolute atomic E-state index is 0.0220. The molecule has 0 radical (unpaired) electrons. The Morgan fingerprint density at radius 1 is 1.38 bits per heavy atom. The first-order chi connectivity index (χ1) is 9.99. The summed E-state index contributed by atoms with van der Waals surface area (Å²) in [7, 11) is 0. The topological polar surface area (TPSA) is 32.3 Å². The van der Waals surface area contributed by atoms with E-state index in [1.807, 2.05) is 20.1 Å². The van der Waals surface area contributed by atoms with Crippen LogP contribution in [0.15, 0.2) is 18.2 Å². The zero-order valence-electron chi connectivity index (χ0n) is 12.4. The van der Waals surface area contributed by atoms with Crippen LogP contribution in [0, 0.1) is 11.6 Å². The van der Waals surface area contributed by atoms with Crippen molar-refractivity contribution in [3.8, 4) is 0 Å². The standard InChI is InChI=1S/C15H20F2N2OS/c1-4-13-15(20)19(9(2)8-21-3)14(18-13)10-5-6-11(16)12(17)7-10/h5-7,9,13-14,18H,4,8H2,1-3H3. The van der Waals surface area contributed by atoms with Gasteiger partial charge in [0.15, 0.2) is 11.6 Å². The number of amides is 1. The first-order valence-corrected chi connectivity index (χ1v) is 8.41. The number of thioether (sulfide) groups is 1. The average Bonchev–Trinajstić information content (AvgIpc) is 2.79. The molecule has 1 N–H and O–H groups in total. The fourth-order valence-corrected chi connectivity index (χ4v) is 3.32. The first-order valence-electron chi connectivity index (χ1n) is 7.01. The Kier molecular flexibility index (Phi) is 5.22. The third-order valence-electron chi connectivity index (χ3n) is 3.74. The van der Waals surface area contributed by atoms with Gasteiger partial charge in [0.05, 0.1) is 6.04 Å². The lowest BCUT2D eigenvalue weighted by molar-refractivity contribution is -0.131. The molecule has 2 rings (SSSR count). The summed E-state index contributed by atoms with van der Waals surface area (Å²) in [4.78, 5) is 14.2. The molecular weight excluding hydrogens is 294 g/mol. The first kappa shape index (κ1) is 16.2. The fourth-order valence-electron chi connectivity index (χ4n) is 2.67. The molecule has 1 amide bonds. The van der Waals surface area contributed by atoms with E-state index >= 15 is 0 Å². The van der Waals surface area contributed by atoms with Gasteiger partial charge in [-0.3, -0.25) is 10.1 Å². The molecule has 3 nitrogen and oxygen atoms in total. The van der Waals surface area contributed by atoms with Gasteiger partial charge in [0.2, 0.25) is 5.91 Å². The van der Waals surface area contributed by atoms with E-state index in [1.54, 1.807) is 16.7 Å². The molecule has 21 heavy (non-hydrogen) atoms. The summed E-state index contributed by atoms with van der Waals surface area (Å²) in [5.41, 5.74) is 0.575. The van der Waals surface area contributed by atoms with E-state index in [1.165, 1.54) is 6.07 Å². The van der Waals surface area contributed by atoms with Gasteiger partial charge in [-0.1, -0.05) is 13.0 Å². The Morgan fingerprint density at radius 3 is 2.67 bits per heavy atom. The van der Waals surface area contributed by atoms with Crippen molar-refractivity contribution in [3.05, 3.63) is 35.4 Å². The highest BCUT2D eigenvalue weighted by Gasteiger charge is 2.41. The fraction of sp³-hybridized carbons (Fsp3) is 0.533. The Bertz CT molecular complexity index is 526. The quantitative estimate of drug-likeness (QED) is 0.907.